The quantitative estimate of drug-likeness (QED) is 0.408. The van der Waals surface area contributed by atoms with Crippen molar-refractivity contribution >= 4 is 28.3 Å². The van der Waals surface area contributed by atoms with Gasteiger partial charge < -0.3 is 4.42 Å². The molecular formula is C21H19ClIN2O4-. The van der Waals surface area contributed by atoms with E-state index in [9.17, 15) is 4.79 Å². The second-order valence-electron chi connectivity index (χ2n) is 7.31. The van der Waals surface area contributed by atoms with Crippen molar-refractivity contribution in [1.29, 1.82) is 0 Å². The predicted octanol–water partition coefficient (Wildman–Crippen LogP) is 1.21. The first-order chi connectivity index (χ1) is 14.1. The molecule has 8 heteroatoms. The van der Waals surface area contributed by atoms with Gasteiger partial charge in [-0.1, -0.05) is 11.6 Å². The van der Waals surface area contributed by atoms with E-state index in [0.29, 0.717) is 16.6 Å². The summed E-state index contributed by atoms with van der Waals surface area (Å²) in [6.07, 6.45) is 2.00. The van der Waals surface area contributed by atoms with Crippen molar-refractivity contribution in [2.45, 2.75) is 25.4 Å². The number of nitrogens with zero attached hydrogens (tertiary/aromatic N) is 1. The van der Waals surface area contributed by atoms with Crippen LogP contribution in [-0.2, 0) is 6.54 Å². The molecule has 3 aromatic rings. The number of fused-ring (bicyclic) bond motifs is 2. The Balaban J connectivity index is 1.24. The van der Waals surface area contributed by atoms with E-state index >= 15 is 0 Å². The Kier molecular flexibility index (Phi) is 5.28. The summed E-state index contributed by atoms with van der Waals surface area (Å²) in [5.74, 6) is 1.74. The van der Waals surface area contributed by atoms with Crippen molar-refractivity contribution in [3.05, 3.63) is 63.5 Å². The molecule has 0 unspecified atom stereocenters. The molecule has 152 valence electrons. The van der Waals surface area contributed by atoms with Gasteiger partial charge in [-0.25, -0.2) is 4.79 Å². The average Bonchev–Trinajstić information content (AvgIpc) is 3.18. The van der Waals surface area contributed by atoms with Crippen LogP contribution in [0.1, 0.15) is 18.4 Å². The average molecular weight is 526 g/mol. The summed E-state index contributed by atoms with van der Waals surface area (Å²) in [7, 11) is 0. The van der Waals surface area contributed by atoms with Crippen LogP contribution in [0.3, 0.4) is 0 Å². The standard InChI is InChI=1S/C21H19ClIN2O4/c22-14-2-4-18-16(10-14)17(11-21(26)27-18)24-15-5-7-25(8-6-15)12-13-1-3-19-20(9-13)29-23-28-19/h1-4,9-11,15,24H,5-8,12H2/q-1. The number of hydrogen-bond acceptors (Lipinski definition) is 6. The fourth-order valence-electron chi connectivity index (χ4n) is 3.83. The molecule has 0 aliphatic carbocycles. The third kappa shape index (κ3) is 4.17. The molecule has 0 atom stereocenters. The van der Waals surface area contributed by atoms with Crippen LogP contribution in [0.2, 0.25) is 5.02 Å². The minimum Gasteiger partial charge on any atom is -0.423 e. The Bertz CT molecular complexity index is 1110. The van der Waals surface area contributed by atoms with Crippen LogP contribution in [0.25, 0.3) is 11.0 Å². The first-order valence-corrected chi connectivity index (χ1v) is 11.6. The van der Waals surface area contributed by atoms with Gasteiger partial charge in [0.15, 0.2) is 0 Å². The fraction of sp³-hybridized carbons (Fsp3) is 0.286. The third-order valence-electron chi connectivity index (χ3n) is 5.30. The maximum atomic E-state index is 11.9. The Morgan fingerprint density at radius 1 is 1.07 bits per heavy atom. The Morgan fingerprint density at radius 2 is 1.90 bits per heavy atom. The zero-order valence-corrected chi connectivity index (χ0v) is 18.4. The van der Waals surface area contributed by atoms with Gasteiger partial charge in [0.2, 0.25) is 0 Å². The number of benzene rings is 2. The monoisotopic (exact) mass is 525 g/mol. The van der Waals surface area contributed by atoms with Gasteiger partial charge in [0.25, 0.3) is 0 Å². The van der Waals surface area contributed by atoms with Crippen molar-refractivity contribution in [3.8, 4) is 11.5 Å². The molecule has 29 heavy (non-hydrogen) atoms. The predicted molar refractivity (Wildman–Crippen MR) is 107 cm³/mol. The number of likely N-dealkylation sites (tertiary alicyclic amines) is 1. The molecule has 0 bridgehead atoms. The molecule has 1 fully saturated rings. The Morgan fingerprint density at radius 3 is 2.76 bits per heavy atom. The van der Waals surface area contributed by atoms with Crippen molar-refractivity contribution in [2.75, 3.05) is 18.4 Å². The molecule has 5 rings (SSSR count). The van der Waals surface area contributed by atoms with E-state index in [2.05, 4.69) is 22.3 Å². The van der Waals surface area contributed by atoms with E-state index in [0.717, 1.165) is 55.0 Å². The zero-order chi connectivity index (χ0) is 19.8. The topological polar surface area (TPSA) is 63.9 Å². The number of rotatable bonds is 4. The van der Waals surface area contributed by atoms with Crippen molar-refractivity contribution < 1.29 is 32.6 Å². The molecule has 0 radical (unpaired) electrons. The number of piperidine rings is 1. The first-order valence-electron chi connectivity index (χ1n) is 9.48. The van der Waals surface area contributed by atoms with E-state index in [1.54, 1.807) is 12.1 Å². The molecule has 0 spiro atoms. The van der Waals surface area contributed by atoms with E-state index in [4.69, 9.17) is 22.2 Å². The van der Waals surface area contributed by atoms with Gasteiger partial charge in [-0.2, -0.15) is 0 Å². The third-order valence-corrected chi connectivity index (χ3v) is 6.84. The van der Waals surface area contributed by atoms with Crippen LogP contribution in [0.5, 0.6) is 11.5 Å². The molecule has 2 aromatic carbocycles. The molecule has 2 aliphatic rings. The maximum absolute atomic E-state index is 11.9. The Labute approximate surface area is 184 Å². The second-order valence-corrected chi connectivity index (χ2v) is 8.99. The summed E-state index contributed by atoms with van der Waals surface area (Å²) in [6.45, 7) is 2.87. The van der Waals surface area contributed by atoms with Crippen molar-refractivity contribution in [1.82, 2.24) is 4.90 Å². The smallest absolute Gasteiger partial charge is 0.423 e. The van der Waals surface area contributed by atoms with Gasteiger partial charge in [-0.3, -0.25) is 0 Å². The number of anilines is 1. The zero-order valence-electron chi connectivity index (χ0n) is 15.5. The van der Waals surface area contributed by atoms with Gasteiger partial charge in [-0.05, 0) is 18.2 Å². The molecule has 1 aromatic heterocycles. The normalized spacial score (nSPS) is 17.3. The minimum absolute atomic E-state index is 0.303. The molecule has 3 heterocycles. The van der Waals surface area contributed by atoms with E-state index < -0.39 is 22.0 Å². The van der Waals surface area contributed by atoms with E-state index in [1.165, 1.54) is 11.6 Å². The summed E-state index contributed by atoms with van der Waals surface area (Å²) in [5.41, 5.74) is 2.22. The molecule has 0 amide bonds. The SMILES string of the molecule is O=c1cc(NC2CCN(Cc3ccc4c(c3)O[I-]O4)CC2)c2cc(Cl)ccc2o1. The number of hydrogen-bond donors (Lipinski definition) is 1. The number of halogens is 2. The Hall–Kier alpha value is -1.97. The van der Waals surface area contributed by atoms with Gasteiger partial charge in [0.1, 0.15) is 5.58 Å². The summed E-state index contributed by atoms with van der Waals surface area (Å²) < 4.78 is 16.4. The molecular weight excluding hydrogens is 507 g/mol. The molecule has 1 N–H and O–H groups in total. The molecule has 6 nitrogen and oxygen atoms in total. The van der Waals surface area contributed by atoms with E-state index in [-0.39, 0.29) is 5.63 Å². The summed E-state index contributed by atoms with van der Waals surface area (Å²) in [6, 6.07) is 13.3. The molecule has 1 saturated heterocycles. The summed E-state index contributed by atoms with van der Waals surface area (Å²) in [4.78, 5) is 14.3. The van der Waals surface area contributed by atoms with Crippen molar-refractivity contribution in [2.24, 2.45) is 0 Å². The van der Waals surface area contributed by atoms with Crippen molar-refractivity contribution in [3.63, 3.8) is 0 Å². The van der Waals surface area contributed by atoms with Crippen LogP contribution in [0.15, 0.2) is 51.7 Å². The summed E-state index contributed by atoms with van der Waals surface area (Å²) >= 11 is 5.51. The second kappa shape index (κ2) is 8.04. The van der Waals surface area contributed by atoms with Gasteiger partial charge in [-0.15, -0.1) is 0 Å². The summed E-state index contributed by atoms with van der Waals surface area (Å²) in [5, 5.41) is 4.99. The fourth-order valence-corrected chi connectivity index (χ4v) is 5.18. The van der Waals surface area contributed by atoms with E-state index in [1.807, 2.05) is 12.1 Å². The molecule has 2 aliphatic heterocycles. The van der Waals surface area contributed by atoms with Crippen LogP contribution in [-0.4, -0.2) is 24.0 Å². The van der Waals surface area contributed by atoms with Crippen LogP contribution in [0, 0.1) is 0 Å². The van der Waals surface area contributed by atoms with Crippen LogP contribution < -0.4 is 39.1 Å². The molecule has 0 saturated carbocycles. The van der Waals surface area contributed by atoms with Gasteiger partial charge >= 0.3 is 135 Å². The van der Waals surface area contributed by atoms with Gasteiger partial charge in [0, 0.05) is 5.02 Å². The van der Waals surface area contributed by atoms with Crippen LogP contribution >= 0.6 is 11.6 Å². The number of nitrogens with one attached hydrogen (secondary N) is 1. The first kappa shape index (κ1) is 19.0. The van der Waals surface area contributed by atoms with Crippen LogP contribution in [0.4, 0.5) is 5.69 Å². The van der Waals surface area contributed by atoms with Gasteiger partial charge in [0.05, 0.1) is 0 Å². The minimum atomic E-state index is -0.629.